The molecule has 1 N–H and O–H groups in total. The second-order valence-corrected chi connectivity index (χ2v) is 6.34. The van der Waals surface area contributed by atoms with Crippen LogP contribution in [0, 0.1) is 0 Å². The normalized spacial score (nSPS) is 10.5. The lowest BCUT2D eigenvalue weighted by Crippen LogP contribution is -2.15. The number of carbonyl (C=O) groups excluding carboxylic acids is 1. The standard InChI is InChI=1S/C19H19N3O3S/c1-2-14-8-6-7-11-16(14)20-17(23)13-26-19-22-21-18(25-19)12-24-15-9-4-3-5-10-15/h3-11H,2,12-13H2,1H3,(H,20,23). The Hall–Kier alpha value is -2.80. The van der Waals surface area contributed by atoms with Crippen molar-refractivity contribution < 1.29 is 13.9 Å². The van der Waals surface area contributed by atoms with E-state index in [0.717, 1.165) is 23.4 Å². The van der Waals surface area contributed by atoms with Crippen LogP contribution in [0.1, 0.15) is 18.4 Å². The summed E-state index contributed by atoms with van der Waals surface area (Å²) in [5.41, 5.74) is 1.94. The van der Waals surface area contributed by atoms with Gasteiger partial charge in [0.25, 0.3) is 11.1 Å². The first-order valence-corrected chi connectivity index (χ1v) is 9.24. The molecular formula is C19H19N3O3S. The number of carbonyl (C=O) groups is 1. The first-order chi connectivity index (χ1) is 12.7. The lowest BCUT2D eigenvalue weighted by atomic mass is 10.1. The highest BCUT2D eigenvalue weighted by Gasteiger charge is 2.11. The number of nitrogens with zero attached hydrogens (tertiary/aromatic N) is 2. The van der Waals surface area contributed by atoms with Gasteiger partial charge in [-0.2, -0.15) is 0 Å². The third-order valence-electron chi connectivity index (χ3n) is 3.55. The molecule has 1 heterocycles. The summed E-state index contributed by atoms with van der Waals surface area (Å²) in [6.45, 7) is 2.24. The highest BCUT2D eigenvalue weighted by molar-refractivity contribution is 7.99. The van der Waals surface area contributed by atoms with E-state index in [1.807, 2.05) is 54.6 Å². The van der Waals surface area contributed by atoms with Crippen LogP contribution < -0.4 is 10.1 Å². The molecule has 0 unspecified atom stereocenters. The molecule has 0 aliphatic rings. The number of aryl methyl sites for hydroxylation is 1. The van der Waals surface area contributed by atoms with Crippen LogP contribution in [-0.2, 0) is 17.8 Å². The molecule has 26 heavy (non-hydrogen) atoms. The average molecular weight is 369 g/mol. The lowest BCUT2D eigenvalue weighted by Gasteiger charge is -2.08. The zero-order valence-electron chi connectivity index (χ0n) is 14.3. The summed E-state index contributed by atoms with van der Waals surface area (Å²) < 4.78 is 11.0. The maximum Gasteiger partial charge on any atom is 0.277 e. The number of ether oxygens (including phenoxy) is 1. The largest absolute Gasteiger partial charge is 0.484 e. The topological polar surface area (TPSA) is 77.2 Å². The van der Waals surface area contributed by atoms with Crippen molar-refractivity contribution in [1.29, 1.82) is 0 Å². The fourth-order valence-corrected chi connectivity index (χ4v) is 2.86. The molecule has 3 rings (SSSR count). The first-order valence-electron chi connectivity index (χ1n) is 8.25. The molecule has 2 aromatic carbocycles. The van der Waals surface area contributed by atoms with Gasteiger partial charge in [0.1, 0.15) is 5.75 Å². The molecule has 134 valence electrons. The Bertz CT molecular complexity index is 852. The maximum atomic E-state index is 12.1. The van der Waals surface area contributed by atoms with E-state index in [0.29, 0.717) is 11.1 Å². The van der Waals surface area contributed by atoms with Gasteiger partial charge < -0.3 is 14.5 Å². The summed E-state index contributed by atoms with van der Waals surface area (Å²) >= 11 is 1.20. The Balaban J connectivity index is 1.47. The van der Waals surface area contributed by atoms with Gasteiger partial charge in [-0.25, -0.2) is 0 Å². The fraction of sp³-hybridized carbons (Fsp3) is 0.211. The minimum Gasteiger partial charge on any atom is -0.484 e. The van der Waals surface area contributed by atoms with Crippen molar-refractivity contribution in [2.45, 2.75) is 25.2 Å². The van der Waals surface area contributed by atoms with Crippen molar-refractivity contribution in [3.05, 3.63) is 66.1 Å². The summed E-state index contributed by atoms with van der Waals surface area (Å²) in [7, 11) is 0. The van der Waals surface area contributed by atoms with E-state index in [-0.39, 0.29) is 18.3 Å². The van der Waals surface area contributed by atoms with E-state index in [4.69, 9.17) is 9.15 Å². The molecule has 0 spiro atoms. The number of hydrogen-bond acceptors (Lipinski definition) is 6. The van der Waals surface area contributed by atoms with E-state index in [9.17, 15) is 4.79 Å². The summed E-state index contributed by atoms with van der Waals surface area (Å²) in [4.78, 5) is 12.1. The number of para-hydroxylation sites is 2. The number of benzene rings is 2. The zero-order valence-corrected chi connectivity index (χ0v) is 15.2. The molecule has 6 nitrogen and oxygen atoms in total. The number of aromatic nitrogens is 2. The van der Waals surface area contributed by atoms with Crippen LogP contribution >= 0.6 is 11.8 Å². The third kappa shape index (κ3) is 5.10. The van der Waals surface area contributed by atoms with E-state index in [1.165, 1.54) is 11.8 Å². The molecule has 3 aromatic rings. The minimum atomic E-state index is -0.115. The van der Waals surface area contributed by atoms with Gasteiger partial charge in [0.05, 0.1) is 5.75 Å². The quantitative estimate of drug-likeness (QED) is 0.606. The summed E-state index contributed by atoms with van der Waals surface area (Å²) in [6, 6.07) is 17.2. The van der Waals surface area contributed by atoms with E-state index in [2.05, 4.69) is 22.4 Å². The van der Waals surface area contributed by atoms with Gasteiger partial charge in [-0.15, -0.1) is 10.2 Å². The van der Waals surface area contributed by atoms with Gasteiger partial charge in [0, 0.05) is 5.69 Å². The molecule has 7 heteroatoms. The summed E-state index contributed by atoms with van der Waals surface area (Å²) in [6.07, 6.45) is 0.859. The van der Waals surface area contributed by atoms with Gasteiger partial charge in [-0.1, -0.05) is 55.1 Å². The predicted octanol–water partition coefficient (Wildman–Crippen LogP) is 3.94. The number of amides is 1. The van der Waals surface area contributed by atoms with Crippen LogP contribution in [0.3, 0.4) is 0 Å². The average Bonchev–Trinajstić information content (AvgIpc) is 3.14. The van der Waals surface area contributed by atoms with Crippen molar-refractivity contribution in [3.8, 4) is 5.75 Å². The molecule has 0 atom stereocenters. The van der Waals surface area contributed by atoms with Crippen LogP contribution in [0.2, 0.25) is 0 Å². The second kappa shape index (κ2) is 9.05. The Labute approximate surface area is 156 Å². The molecule has 0 aliphatic heterocycles. The monoisotopic (exact) mass is 369 g/mol. The molecule has 0 aliphatic carbocycles. The Morgan fingerprint density at radius 1 is 1.12 bits per heavy atom. The highest BCUT2D eigenvalue weighted by atomic mass is 32.2. The molecule has 1 aromatic heterocycles. The van der Waals surface area contributed by atoms with Crippen molar-refractivity contribution in [2.75, 3.05) is 11.1 Å². The molecule has 0 fully saturated rings. The fourth-order valence-electron chi connectivity index (χ4n) is 2.28. The van der Waals surface area contributed by atoms with Crippen molar-refractivity contribution in [3.63, 3.8) is 0 Å². The Morgan fingerprint density at radius 3 is 2.69 bits per heavy atom. The van der Waals surface area contributed by atoms with E-state index < -0.39 is 0 Å². The van der Waals surface area contributed by atoms with Gasteiger partial charge in [0.15, 0.2) is 6.61 Å². The smallest absolute Gasteiger partial charge is 0.277 e. The number of hydrogen-bond donors (Lipinski definition) is 1. The Kier molecular flexibility index (Phi) is 6.27. The number of rotatable bonds is 8. The van der Waals surface area contributed by atoms with Crippen LogP contribution in [0.15, 0.2) is 64.2 Å². The number of anilines is 1. The minimum absolute atomic E-state index is 0.115. The van der Waals surface area contributed by atoms with Crippen LogP contribution in [0.25, 0.3) is 0 Å². The Morgan fingerprint density at radius 2 is 1.88 bits per heavy atom. The summed E-state index contributed by atoms with van der Waals surface area (Å²) in [5, 5.41) is 11.1. The van der Waals surface area contributed by atoms with Gasteiger partial charge in [0.2, 0.25) is 5.91 Å². The van der Waals surface area contributed by atoms with E-state index in [1.54, 1.807) is 0 Å². The molecular weight excluding hydrogens is 350 g/mol. The van der Waals surface area contributed by atoms with Gasteiger partial charge >= 0.3 is 0 Å². The van der Waals surface area contributed by atoms with Crippen LogP contribution in [0.4, 0.5) is 5.69 Å². The molecule has 0 saturated carbocycles. The molecule has 0 radical (unpaired) electrons. The van der Waals surface area contributed by atoms with Crippen molar-refractivity contribution in [2.24, 2.45) is 0 Å². The maximum absolute atomic E-state index is 12.1. The third-order valence-corrected chi connectivity index (χ3v) is 4.37. The number of nitrogens with one attached hydrogen (secondary N) is 1. The highest BCUT2D eigenvalue weighted by Crippen LogP contribution is 2.19. The van der Waals surface area contributed by atoms with E-state index >= 15 is 0 Å². The van der Waals surface area contributed by atoms with Crippen LogP contribution in [0.5, 0.6) is 5.75 Å². The number of thioether (sulfide) groups is 1. The first kappa shape index (κ1) is 18.0. The van der Waals surface area contributed by atoms with Crippen molar-refractivity contribution >= 4 is 23.4 Å². The van der Waals surface area contributed by atoms with Crippen molar-refractivity contribution in [1.82, 2.24) is 10.2 Å². The molecule has 1 amide bonds. The molecule has 0 bridgehead atoms. The van der Waals surface area contributed by atoms with Crippen LogP contribution in [-0.4, -0.2) is 21.9 Å². The lowest BCUT2D eigenvalue weighted by molar-refractivity contribution is -0.113. The summed E-state index contributed by atoms with van der Waals surface area (Å²) in [5.74, 6) is 1.18. The second-order valence-electron chi connectivity index (χ2n) is 5.41. The van der Waals surface area contributed by atoms with Gasteiger partial charge in [-0.05, 0) is 30.2 Å². The predicted molar refractivity (Wildman–Crippen MR) is 100 cm³/mol. The van der Waals surface area contributed by atoms with Gasteiger partial charge in [-0.3, -0.25) is 4.79 Å². The SMILES string of the molecule is CCc1ccccc1NC(=O)CSc1nnc(COc2ccccc2)o1. The molecule has 0 saturated heterocycles. The zero-order chi connectivity index (χ0) is 18.2.